The van der Waals surface area contributed by atoms with Gasteiger partial charge < -0.3 is 24.1 Å². The van der Waals surface area contributed by atoms with E-state index in [1.54, 1.807) is 55.6 Å². The van der Waals surface area contributed by atoms with Crippen molar-refractivity contribution in [1.82, 2.24) is 10.1 Å². The number of thiophene rings is 1. The van der Waals surface area contributed by atoms with Gasteiger partial charge in [0, 0.05) is 11.8 Å². The van der Waals surface area contributed by atoms with Gasteiger partial charge in [0.1, 0.15) is 11.5 Å². The molecule has 1 amide bonds. The summed E-state index contributed by atoms with van der Waals surface area (Å²) in [5, 5.41) is 8.50. The van der Waals surface area contributed by atoms with Gasteiger partial charge in [0.05, 0.1) is 30.2 Å². The summed E-state index contributed by atoms with van der Waals surface area (Å²) in [7, 11) is 3.08. The van der Waals surface area contributed by atoms with Crippen molar-refractivity contribution in [1.29, 1.82) is 0 Å². The van der Waals surface area contributed by atoms with E-state index in [2.05, 4.69) is 15.5 Å². The Hall–Kier alpha value is -4.18. The Labute approximate surface area is 192 Å². The Balaban J connectivity index is 1.40. The van der Waals surface area contributed by atoms with Crippen LogP contribution in [0.2, 0.25) is 0 Å². The van der Waals surface area contributed by atoms with Gasteiger partial charge in [-0.3, -0.25) is 4.79 Å². The number of rotatable bonds is 8. The Morgan fingerprint density at radius 3 is 2.70 bits per heavy atom. The van der Waals surface area contributed by atoms with Crippen LogP contribution < -0.4 is 14.8 Å². The van der Waals surface area contributed by atoms with Crippen LogP contribution in [-0.2, 0) is 11.3 Å². The fourth-order valence-electron chi connectivity index (χ4n) is 2.94. The number of esters is 1. The van der Waals surface area contributed by atoms with E-state index < -0.39 is 5.97 Å². The lowest BCUT2D eigenvalue weighted by Crippen LogP contribution is -2.11. The lowest BCUT2D eigenvalue weighted by molar-refractivity contribution is 0.0429. The molecular weight excluding hydrogens is 446 g/mol. The molecule has 0 radical (unpaired) electrons. The molecule has 0 aliphatic rings. The maximum Gasteiger partial charge on any atom is 0.338 e. The second-order valence-corrected chi connectivity index (χ2v) is 7.61. The second-order valence-electron chi connectivity index (χ2n) is 6.67. The van der Waals surface area contributed by atoms with Crippen molar-refractivity contribution in [3.8, 4) is 22.9 Å². The van der Waals surface area contributed by atoms with Gasteiger partial charge in [0.2, 0.25) is 5.82 Å². The Bertz CT molecular complexity index is 1270. The van der Waals surface area contributed by atoms with Crippen molar-refractivity contribution in [2.24, 2.45) is 0 Å². The maximum absolute atomic E-state index is 12.5. The van der Waals surface area contributed by atoms with Crippen LogP contribution in [0.4, 0.5) is 5.69 Å². The molecule has 0 aliphatic carbocycles. The van der Waals surface area contributed by atoms with Gasteiger partial charge in [-0.25, -0.2) is 4.79 Å². The van der Waals surface area contributed by atoms with Gasteiger partial charge in [-0.1, -0.05) is 17.3 Å². The third-order valence-electron chi connectivity index (χ3n) is 4.55. The largest absolute Gasteiger partial charge is 0.497 e. The van der Waals surface area contributed by atoms with E-state index >= 15 is 0 Å². The fourth-order valence-corrected chi connectivity index (χ4v) is 3.56. The summed E-state index contributed by atoms with van der Waals surface area (Å²) >= 11 is 1.33. The number of carbonyl (C=O) groups excluding carboxylic acids is 2. The Morgan fingerprint density at radius 1 is 1.06 bits per heavy atom. The summed E-state index contributed by atoms with van der Waals surface area (Å²) < 4.78 is 21.0. The van der Waals surface area contributed by atoms with Crippen LogP contribution in [0, 0.1) is 0 Å². The molecule has 4 rings (SSSR count). The molecule has 0 aliphatic heterocycles. The second kappa shape index (κ2) is 9.96. The molecule has 0 unspecified atom stereocenters. The highest BCUT2D eigenvalue weighted by molar-refractivity contribution is 7.12. The number of hydrogen-bond acceptors (Lipinski definition) is 9. The molecular formula is C23H19N3O6S. The van der Waals surface area contributed by atoms with E-state index in [0.29, 0.717) is 33.5 Å². The molecule has 2 aromatic heterocycles. The van der Waals surface area contributed by atoms with Gasteiger partial charge in [-0.2, -0.15) is 4.98 Å². The Morgan fingerprint density at radius 2 is 1.94 bits per heavy atom. The van der Waals surface area contributed by atoms with Gasteiger partial charge >= 0.3 is 5.97 Å². The molecule has 168 valence electrons. The number of benzene rings is 2. The van der Waals surface area contributed by atoms with Crippen molar-refractivity contribution < 1.29 is 28.3 Å². The van der Waals surface area contributed by atoms with E-state index in [1.807, 2.05) is 5.38 Å². The van der Waals surface area contributed by atoms with Crippen LogP contribution in [0.5, 0.6) is 11.5 Å². The molecule has 0 bridgehead atoms. The average molecular weight is 465 g/mol. The number of nitrogens with one attached hydrogen (secondary N) is 1. The minimum absolute atomic E-state index is 0.123. The predicted octanol–water partition coefficient (Wildman–Crippen LogP) is 4.42. The van der Waals surface area contributed by atoms with Gasteiger partial charge in [0.15, 0.2) is 6.61 Å². The molecule has 10 heteroatoms. The third-order valence-corrected chi connectivity index (χ3v) is 5.41. The normalized spacial score (nSPS) is 10.5. The number of amides is 1. The highest BCUT2D eigenvalue weighted by Crippen LogP contribution is 2.31. The van der Waals surface area contributed by atoms with E-state index in [9.17, 15) is 9.59 Å². The minimum atomic E-state index is -0.594. The van der Waals surface area contributed by atoms with Crippen molar-refractivity contribution >= 4 is 28.9 Å². The number of anilines is 1. The predicted molar refractivity (Wildman–Crippen MR) is 121 cm³/mol. The summed E-state index contributed by atoms with van der Waals surface area (Å²) in [5.41, 5.74) is 1.36. The SMILES string of the molecule is COc1ccc(-c2noc(COC(=O)c3cccc(NC(=O)c4cccs4)c3)n2)c(OC)c1. The lowest BCUT2D eigenvalue weighted by atomic mass is 10.2. The maximum atomic E-state index is 12.5. The molecule has 0 saturated carbocycles. The molecule has 0 atom stereocenters. The quantitative estimate of drug-likeness (QED) is 0.381. The van der Waals surface area contributed by atoms with Crippen molar-refractivity contribution in [3.05, 3.63) is 76.3 Å². The number of hydrogen-bond donors (Lipinski definition) is 1. The standard InChI is InChI=1S/C23H19N3O6S/c1-29-16-8-9-17(18(12-16)30-2)21-25-20(32-26-21)13-31-23(28)14-5-3-6-15(11-14)24-22(27)19-7-4-10-33-19/h3-12H,13H2,1-2H3,(H,24,27). The summed E-state index contributed by atoms with van der Waals surface area (Å²) in [5.74, 6) is 0.714. The highest BCUT2D eigenvalue weighted by atomic mass is 32.1. The molecule has 33 heavy (non-hydrogen) atoms. The molecule has 2 heterocycles. The van der Waals surface area contributed by atoms with E-state index in [-0.39, 0.29) is 24.0 Å². The zero-order valence-electron chi connectivity index (χ0n) is 17.7. The van der Waals surface area contributed by atoms with Crippen molar-refractivity contribution in [3.63, 3.8) is 0 Å². The van der Waals surface area contributed by atoms with Crippen molar-refractivity contribution in [2.75, 3.05) is 19.5 Å². The molecule has 2 aromatic carbocycles. The topological polar surface area (TPSA) is 113 Å². The molecule has 4 aromatic rings. The molecule has 0 fully saturated rings. The summed E-state index contributed by atoms with van der Waals surface area (Å²) in [6.07, 6.45) is 0. The van der Waals surface area contributed by atoms with Crippen LogP contribution >= 0.6 is 11.3 Å². The van der Waals surface area contributed by atoms with Gasteiger partial charge in [-0.15, -0.1) is 11.3 Å². The van der Waals surface area contributed by atoms with Crippen LogP contribution in [0.3, 0.4) is 0 Å². The Kier molecular flexibility index (Phi) is 6.65. The third kappa shape index (κ3) is 5.18. The first kappa shape index (κ1) is 22.0. The summed E-state index contributed by atoms with van der Waals surface area (Å²) in [6.45, 7) is -0.212. The van der Waals surface area contributed by atoms with Gasteiger partial charge in [-0.05, 0) is 41.8 Å². The zero-order valence-corrected chi connectivity index (χ0v) is 18.5. The first-order valence-corrected chi connectivity index (χ1v) is 10.6. The number of ether oxygens (including phenoxy) is 3. The number of nitrogens with zero attached hydrogens (tertiary/aromatic N) is 2. The van der Waals surface area contributed by atoms with E-state index in [4.69, 9.17) is 18.7 Å². The number of methoxy groups -OCH3 is 2. The first-order valence-electron chi connectivity index (χ1n) is 9.74. The van der Waals surface area contributed by atoms with E-state index in [0.717, 1.165) is 0 Å². The first-order chi connectivity index (χ1) is 16.1. The lowest BCUT2D eigenvalue weighted by Gasteiger charge is -2.07. The van der Waals surface area contributed by atoms with E-state index in [1.165, 1.54) is 24.5 Å². The summed E-state index contributed by atoms with van der Waals surface area (Å²) in [6, 6.07) is 15.2. The minimum Gasteiger partial charge on any atom is -0.497 e. The van der Waals surface area contributed by atoms with Crippen LogP contribution in [0.25, 0.3) is 11.4 Å². The fraction of sp³-hybridized carbons (Fsp3) is 0.130. The summed E-state index contributed by atoms with van der Waals surface area (Å²) in [4.78, 5) is 29.5. The molecule has 9 nitrogen and oxygen atoms in total. The van der Waals surface area contributed by atoms with Crippen LogP contribution in [-0.4, -0.2) is 36.2 Å². The molecule has 0 saturated heterocycles. The molecule has 1 N–H and O–H groups in total. The number of aromatic nitrogens is 2. The van der Waals surface area contributed by atoms with Gasteiger partial charge in [0.25, 0.3) is 11.8 Å². The number of carbonyl (C=O) groups is 2. The van der Waals surface area contributed by atoms with Crippen LogP contribution in [0.15, 0.2) is 64.5 Å². The van der Waals surface area contributed by atoms with Crippen LogP contribution in [0.1, 0.15) is 25.9 Å². The van der Waals surface area contributed by atoms with Crippen molar-refractivity contribution in [2.45, 2.75) is 6.61 Å². The molecule has 0 spiro atoms. The average Bonchev–Trinajstić information content (AvgIpc) is 3.55. The zero-order chi connectivity index (χ0) is 23.2. The highest BCUT2D eigenvalue weighted by Gasteiger charge is 2.16. The smallest absolute Gasteiger partial charge is 0.338 e. The monoisotopic (exact) mass is 465 g/mol.